The molecule has 3 aromatic rings. The Morgan fingerprint density at radius 3 is 2.50 bits per heavy atom. The lowest BCUT2D eigenvalue weighted by Crippen LogP contribution is -1.95. The van der Waals surface area contributed by atoms with Gasteiger partial charge in [-0.3, -0.25) is 4.79 Å². The summed E-state index contributed by atoms with van der Waals surface area (Å²) in [6, 6.07) is 21.1. The zero-order valence-corrected chi connectivity index (χ0v) is 14.0. The average molecular weight is 346 g/mol. The first-order chi connectivity index (χ1) is 12.6. The lowest BCUT2D eigenvalue weighted by molar-refractivity contribution is 0.104. The van der Waals surface area contributed by atoms with Crippen LogP contribution in [0.4, 0.5) is 0 Å². The fraction of sp³-hybridized carbons (Fsp3) is 0.0455. The van der Waals surface area contributed by atoms with Gasteiger partial charge < -0.3 is 14.9 Å². The summed E-state index contributed by atoms with van der Waals surface area (Å²) in [5.74, 6) is 0.0138. The summed E-state index contributed by atoms with van der Waals surface area (Å²) in [6.07, 6.45) is 3.03. The average Bonchev–Trinajstić information content (AvgIpc) is 2.66. The van der Waals surface area contributed by atoms with Gasteiger partial charge >= 0.3 is 0 Å². The van der Waals surface area contributed by atoms with Gasteiger partial charge in [0.1, 0.15) is 23.9 Å². The maximum atomic E-state index is 12.2. The molecule has 0 radical (unpaired) electrons. The summed E-state index contributed by atoms with van der Waals surface area (Å²) in [6.45, 7) is 0.467. The van der Waals surface area contributed by atoms with E-state index in [0.717, 1.165) is 17.2 Å². The number of carbonyl (C=O) groups is 1. The molecule has 2 N–H and O–H groups in total. The van der Waals surface area contributed by atoms with Crippen molar-refractivity contribution >= 4 is 11.9 Å². The molecular formula is C22H18O4. The van der Waals surface area contributed by atoms with E-state index in [1.54, 1.807) is 6.08 Å². The Morgan fingerprint density at radius 1 is 0.923 bits per heavy atom. The molecule has 0 unspecified atom stereocenters. The lowest BCUT2D eigenvalue weighted by atomic mass is 10.1. The van der Waals surface area contributed by atoms with E-state index in [0.29, 0.717) is 12.4 Å². The van der Waals surface area contributed by atoms with Crippen molar-refractivity contribution in [3.05, 3.63) is 95.6 Å². The first kappa shape index (κ1) is 17.3. The summed E-state index contributed by atoms with van der Waals surface area (Å²) in [5, 5.41) is 19.0. The predicted molar refractivity (Wildman–Crippen MR) is 100 cm³/mol. The Hall–Kier alpha value is -3.53. The van der Waals surface area contributed by atoms with Gasteiger partial charge in [-0.2, -0.15) is 0 Å². The minimum absolute atomic E-state index is 0.0914. The largest absolute Gasteiger partial charge is 0.508 e. The quantitative estimate of drug-likeness (QED) is 0.507. The second-order valence-electron chi connectivity index (χ2n) is 5.75. The molecule has 0 spiro atoms. The van der Waals surface area contributed by atoms with Crippen molar-refractivity contribution < 1.29 is 19.7 Å². The number of ether oxygens (including phenoxy) is 1. The standard InChI is InChI=1S/C22H18O4/c23-18-10-11-20(22(25)14-18)21(24)12-9-16-7-4-8-19(13-16)26-15-17-5-2-1-3-6-17/h1-14,23,25H,15H2/b12-9+. The number of ketones is 1. The van der Waals surface area contributed by atoms with Gasteiger partial charge in [0.25, 0.3) is 0 Å². The molecule has 0 fully saturated rings. The van der Waals surface area contributed by atoms with Crippen molar-refractivity contribution in [2.45, 2.75) is 6.61 Å². The molecule has 26 heavy (non-hydrogen) atoms. The topological polar surface area (TPSA) is 66.8 Å². The fourth-order valence-corrected chi connectivity index (χ4v) is 2.44. The van der Waals surface area contributed by atoms with Gasteiger partial charge in [-0.15, -0.1) is 0 Å². The fourth-order valence-electron chi connectivity index (χ4n) is 2.44. The molecule has 0 bridgehead atoms. The normalized spacial score (nSPS) is 10.8. The van der Waals surface area contributed by atoms with Crippen LogP contribution in [-0.2, 0) is 6.61 Å². The second-order valence-corrected chi connectivity index (χ2v) is 5.75. The van der Waals surface area contributed by atoms with Crippen LogP contribution in [0.5, 0.6) is 17.2 Å². The van der Waals surface area contributed by atoms with Crippen molar-refractivity contribution in [1.82, 2.24) is 0 Å². The lowest BCUT2D eigenvalue weighted by Gasteiger charge is -2.07. The van der Waals surface area contributed by atoms with Crippen molar-refractivity contribution in [1.29, 1.82) is 0 Å². The molecule has 3 rings (SSSR count). The molecule has 0 atom stereocenters. The summed E-state index contributed by atoms with van der Waals surface area (Å²) in [7, 11) is 0. The van der Waals surface area contributed by atoms with Crippen LogP contribution >= 0.6 is 0 Å². The molecule has 0 saturated heterocycles. The van der Waals surface area contributed by atoms with E-state index in [2.05, 4.69) is 0 Å². The minimum atomic E-state index is -0.349. The van der Waals surface area contributed by atoms with Crippen LogP contribution in [0.15, 0.2) is 78.9 Å². The number of phenols is 2. The number of carbonyl (C=O) groups excluding carboxylic acids is 1. The first-order valence-electron chi connectivity index (χ1n) is 8.13. The molecule has 0 heterocycles. The van der Waals surface area contributed by atoms with Crippen molar-refractivity contribution in [3.8, 4) is 17.2 Å². The third-order valence-corrected chi connectivity index (χ3v) is 3.78. The van der Waals surface area contributed by atoms with Gasteiger partial charge in [-0.1, -0.05) is 48.5 Å². The third kappa shape index (κ3) is 4.51. The summed E-state index contributed by atoms with van der Waals surface area (Å²) in [5.41, 5.74) is 2.02. The minimum Gasteiger partial charge on any atom is -0.508 e. The van der Waals surface area contributed by atoms with Gasteiger partial charge in [-0.05, 0) is 41.5 Å². The number of hydrogen-bond acceptors (Lipinski definition) is 4. The highest BCUT2D eigenvalue weighted by Gasteiger charge is 2.08. The van der Waals surface area contributed by atoms with Gasteiger partial charge in [0.2, 0.25) is 0 Å². The van der Waals surface area contributed by atoms with Gasteiger partial charge in [0, 0.05) is 6.07 Å². The highest BCUT2D eigenvalue weighted by Crippen LogP contribution is 2.23. The van der Waals surface area contributed by atoms with E-state index in [1.165, 1.54) is 18.2 Å². The molecule has 4 nitrogen and oxygen atoms in total. The summed E-state index contributed by atoms with van der Waals surface area (Å²) < 4.78 is 5.77. The van der Waals surface area contributed by atoms with E-state index in [-0.39, 0.29) is 22.8 Å². The molecule has 130 valence electrons. The number of rotatable bonds is 6. The molecule has 0 amide bonds. The number of hydrogen-bond donors (Lipinski definition) is 2. The van der Waals surface area contributed by atoms with Crippen LogP contribution in [0, 0.1) is 0 Å². The van der Waals surface area contributed by atoms with E-state index >= 15 is 0 Å². The van der Waals surface area contributed by atoms with E-state index in [4.69, 9.17) is 4.74 Å². The maximum Gasteiger partial charge on any atom is 0.189 e. The Bertz CT molecular complexity index is 930. The Balaban J connectivity index is 1.68. The van der Waals surface area contributed by atoms with Crippen molar-refractivity contribution in [2.24, 2.45) is 0 Å². The van der Waals surface area contributed by atoms with Crippen LogP contribution in [-0.4, -0.2) is 16.0 Å². The predicted octanol–water partition coefficient (Wildman–Crippen LogP) is 4.57. The number of allylic oxidation sites excluding steroid dienone is 1. The number of phenolic OH excluding ortho intramolecular Hbond substituents is 2. The van der Waals surface area contributed by atoms with Gasteiger partial charge in [-0.25, -0.2) is 0 Å². The molecule has 3 aromatic carbocycles. The van der Waals surface area contributed by atoms with Crippen LogP contribution in [0.3, 0.4) is 0 Å². The maximum absolute atomic E-state index is 12.2. The van der Waals surface area contributed by atoms with Crippen molar-refractivity contribution in [2.75, 3.05) is 0 Å². The highest BCUT2D eigenvalue weighted by molar-refractivity contribution is 6.08. The monoisotopic (exact) mass is 346 g/mol. The Labute approximate surface area is 151 Å². The van der Waals surface area contributed by atoms with Gasteiger partial charge in [0.05, 0.1) is 5.56 Å². The SMILES string of the molecule is O=C(/C=C/c1cccc(OCc2ccccc2)c1)c1ccc(O)cc1O. The van der Waals surface area contributed by atoms with E-state index < -0.39 is 0 Å². The molecule has 4 heteroatoms. The number of aromatic hydroxyl groups is 2. The molecule has 0 aliphatic carbocycles. The van der Waals surface area contributed by atoms with Crippen molar-refractivity contribution in [3.63, 3.8) is 0 Å². The van der Waals surface area contributed by atoms with Crippen LogP contribution in [0.2, 0.25) is 0 Å². The highest BCUT2D eigenvalue weighted by atomic mass is 16.5. The summed E-state index contributed by atoms with van der Waals surface area (Å²) in [4.78, 5) is 12.2. The summed E-state index contributed by atoms with van der Waals surface area (Å²) >= 11 is 0. The Morgan fingerprint density at radius 2 is 1.73 bits per heavy atom. The molecule has 0 aromatic heterocycles. The van der Waals surface area contributed by atoms with E-state index in [9.17, 15) is 15.0 Å². The molecule has 0 aliphatic rings. The number of benzene rings is 3. The zero-order valence-electron chi connectivity index (χ0n) is 14.0. The van der Waals surface area contributed by atoms with Gasteiger partial charge in [0.15, 0.2) is 5.78 Å². The first-order valence-corrected chi connectivity index (χ1v) is 8.13. The third-order valence-electron chi connectivity index (χ3n) is 3.78. The smallest absolute Gasteiger partial charge is 0.189 e. The molecular weight excluding hydrogens is 328 g/mol. The van der Waals surface area contributed by atoms with Crippen LogP contribution in [0.25, 0.3) is 6.08 Å². The zero-order chi connectivity index (χ0) is 18.4. The molecule has 0 aliphatic heterocycles. The molecule has 0 saturated carbocycles. The van der Waals surface area contributed by atoms with Crippen LogP contribution < -0.4 is 4.74 Å². The second kappa shape index (κ2) is 8.03. The van der Waals surface area contributed by atoms with E-state index in [1.807, 2.05) is 54.6 Å². The Kier molecular flexibility index (Phi) is 5.34. The van der Waals surface area contributed by atoms with Crippen LogP contribution in [0.1, 0.15) is 21.5 Å².